The summed E-state index contributed by atoms with van der Waals surface area (Å²) >= 11 is 0. The van der Waals surface area contributed by atoms with Crippen molar-refractivity contribution >= 4 is 17.5 Å². The maximum atomic E-state index is 12.7. The van der Waals surface area contributed by atoms with Gasteiger partial charge in [0, 0.05) is 6.20 Å². The summed E-state index contributed by atoms with van der Waals surface area (Å²) in [5.41, 5.74) is -0.125. The van der Waals surface area contributed by atoms with E-state index in [1.54, 1.807) is 36.4 Å². The molecule has 0 radical (unpaired) electrons. The summed E-state index contributed by atoms with van der Waals surface area (Å²) < 4.78 is 0. The third-order valence-electron chi connectivity index (χ3n) is 3.89. The van der Waals surface area contributed by atoms with Gasteiger partial charge in [0.25, 0.3) is 5.91 Å². The van der Waals surface area contributed by atoms with Crippen LogP contribution in [0.4, 0.5) is 5.69 Å². The SMILES string of the molecule is CCC1(CC)NC(=O)C(C)N(c2cccnc2)C1=O. The number of nitrogens with zero attached hydrogens (tertiary/aromatic N) is 2. The van der Waals surface area contributed by atoms with Crippen molar-refractivity contribution in [1.82, 2.24) is 10.3 Å². The van der Waals surface area contributed by atoms with Gasteiger partial charge in [-0.15, -0.1) is 0 Å². The fraction of sp³-hybridized carbons (Fsp3) is 0.500. The Morgan fingerprint density at radius 2 is 2.05 bits per heavy atom. The Kier molecular flexibility index (Phi) is 3.55. The molecule has 1 N–H and O–H groups in total. The standard InChI is InChI=1S/C14H19N3O2/c1-4-14(5-2)13(19)17(10(3)12(18)16-14)11-7-6-8-15-9-11/h6-10H,4-5H2,1-3H3,(H,16,18). The van der Waals surface area contributed by atoms with E-state index in [0.29, 0.717) is 18.5 Å². The van der Waals surface area contributed by atoms with Crippen molar-refractivity contribution < 1.29 is 9.59 Å². The van der Waals surface area contributed by atoms with Crippen LogP contribution in [0, 0.1) is 0 Å². The first-order valence-corrected chi connectivity index (χ1v) is 6.61. The van der Waals surface area contributed by atoms with Gasteiger partial charge >= 0.3 is 0 Å². The summed E-state index contributed by atoms with van der Waals surface area (Å²) in [5, 5.41) is 2.88. The lowest BCUT2D eigenvalue weighted by atomic mass is 9.87. The number of carbonyl (C=O) groups excluding carboxylic acids is 2. The zero-order valence-electron chi connectivity index (χ0n) is 11.5. The van der Waals surface area contributed by atoms with Crippen LogP contribution in [-0.4, -0.2) is 28.4 Å². The molecule has 0 aromatic carbocycles. The number of anilines is 1. The topological polar surface area (TPSA) is 62.3 Å². The minimum atomic E-state index is -0.792. The zero-order valence-corrected chi connectivity index (χ0v) is 11.5. The lowest BCUT2D eigenvalue weighted by molar-refractivity contribution is -0.138. The maximum absolute atomic E-state index is 12.7. The Morgan fingerprint density at radius 1 is 1.37 bits per heavy atom. The second-order valence-corrected chi connectivity index (χ2v) is 4.84. The van der Waals surface area contributed by atoms with Crippen LogP contribution in [0.3, 0.4) is 0 Å². The maximum Gasteiger partial charge on any atom is 0.253 e. The van der Waals surface area contributed by atoms with Crippen LogP contribution in [0.15, 0.2) is 24.5 Å². The normalized spacial score (nSPS) is 22.3. The minimum absolute atomic E-state index is 0.0578. The molecule has 0 saturated carbocycles. The van der Waals surface area contributed by atoms with E-state index in [1.165, 1.54) is 0 Å². The van der Waals surface area contributed by atoms with Gasteiger partial charge in [-0.2, -0.15) is 0 Å². The molecule has 5 nitrogen and oxygen atoms in total. The van der Waals surface area contributed by atoms with E-state index in [0.717, 1.165) is 0 Å². The van der Waals surface area contributed by atoms with E-state index in [-0.39, 0.29) is 11.8 Å². The Labute approximate surface area is 113 Å². The second kappa shape index (κ2) is 4.99. The van der Waals surface area contributed by atoms with Crippen LogP contribution >= 0.6 is 0 Å². The number of aromatic nitrogens is 1. The van der Waals surface area contributed by atoms with E-state index < -0.39 is 11.6 Å². The van der Waals surface area contributed by atoms with Gasteiger partial charge in [-0.05, 0) is 31.9 Å². The first kappa shape index (κ1) is 13.5. The monoisotopic (exact) mass is 261 g/mol. The molecule has 2 amide bonds. The van der Waals surface area contributed by atoms with Crippen molar-refractivity contribution in [3.8, 4) is 0 Å². The summed E-state index contributed by atoms with van der Waals surface area (Å²) in [4.78, 5) is 30.5. The van der Waals surface area contributed by atoms with Gasteiger partial charge in [-0.25, -0.2) is 0 Å². The summed E-state index contributed by atoms with van der Waals surface area (Å²) in [7, 11) is 0. The molecule has 0 aliphatic carbocycles. The highest BCUT2D eigenvalue weighted by atomic mass is 16.2. The predicted octanol–water partition coefficient (Wildman–Crippen LogP) is 1.49. The molecular formula is C14H19N3O2. The molecule has 102 valence electrons. The molecule has 2 heterocycles. The highest BCUT2D eigenvalue weighted by Crippen LogP contribution is 2.28. The van der Waals surface area contributed by atoms with Crippen LogP contribution in [0.5, 0.6) is 0 Å². The van der Waals surface area contributed by atoms with E-state index in [1.807, 2.05) is 13.8 Å². The minimum Gasteiger partial charge on any atom is -0.340 e. The fourth-order valence-corrected chi connectivity index (χ4v) is 2.48. The highest BCUT2D eigenvalue weighted by Gasteiger charge is 2.47. The largest absolute Gasteiger partial charge is 0.340 e. The lowest BCUT2D eigenvalue weighted by Gasteiger charge is -2.44. The van der Waals surface area contributed by atoms with Crippen molar-refractivity contribution in [2.24, 2.45) is 0 Å². The molecule has 19 heavy (non-hydrogen) atoms. The van der Waals surface area contributed by atoms with Crippen LogP contribution < -0.4 is 10.2 Å². The van der Waals surface area contributed by atoms with Crippen LogP contribution in [0.25, 0.3) is 0 Å². The Bertz CT molecular complexity index is 483. The number of pyridine rings is 1. The van der Waals surface area contributed by atoms with Crippen molar-refractivity contribution in [2.75, 3.05) is 4.90 Å². The number of hydrogen-bond donors (Lipinski definition) is 1. The quantitative estimate of drug-likeness (QED) is 0.896. The number of carbonyl (C=O) groups is 2. The van der Waals surface area contributed by atoms with E-state index in [9.17, 15) is 9.59 Å². The van der Waals surface area contributed by atoms with Gasteiger partial charge in [0.1, 0.15) is 11.6 Å². The van der Waals surface area contributed by atoms with Gasteiger partial charge in [0.15, 0.2) is 0 Å². The molecule has 1 saturated heterocycles. The van der Waals surface area contributed by atoms with Crippen molar-refractivity contribution in [3.05, 3.63) is 24.5 Å². The molecule has 5 heteroatoms. The molecule has 2 rings (SSSR count). The first-order valence-electron chi connectivity index (χ1n) is 6.61. The number of amides is 2. The molecular weight excluding hydrogens is 242 g/mol. The van der Waals surface area contributed by atoms with Crippen molar-refractivity contribution in [3.63, 3.8) is 0 Å². The van der Waals surface area contributed by atoms with Gasteiger partial charge < -0.3 is 5.32 Å². The van der Waals surface area contributed by atoms with E-state index in [4.69, 9.17) is 0 Å². The molecule has 1 aromatic rings. The van der Waals surface area contributed by atoms with Gasteiger partial charge in [-0.3, -0.25) is 19.5 Å². The van der Waals surface area contributed by atoms with Gasteiger partial charge in [-0.1, -0.05) is 13.8 Å². The molecule has 0 bridgehead atoms. The first-order chi connectivity index (χ1) is 9.05. The number of hydrogen-bond acceptors (Lipinski definition) is 3. The predicted molar refractivity (Wildman–Crippen MR) is 72.6 cm³/mol. The highest BCUT2D eigenvalue weighted by molar-refractivity contribution is 6.10. The van der Waals surface area contributed by atoms with Gasteiger partial charge in [0.05, 0.1) is 11.9 Å². The zero-order chi connectivity index (χ0) is 14.0. The molecule has 1 unspecified atom stereocenters. The molecule has 0 spiro atoms. The van der Waals surface area contributed by atoms with E-state index in [2.05, 4.69) is 10.3 Å². The average Bonchev–Trinajstić information content (AvgIpc) is 2.44. The summed E-state index contributed by atoms with van der Waals surface area (Å²) in [6.45, 7) is 5.56. The fourth-order valence-electron chi connectivity index (χ4n) is 2.48. The van der Waals surface area contributed by atoms with Crippen LogP contribution in [0.1, 0.15) is 33.6 Å². The smallest absolute Gasteiger partial charge is 0.253 e. The summed E-state index contributed by atoms with van der Waals surface area (Å²) in [5.74, 6) is -0.176. The van der Waals surface area contributed by atoms with Crippen LogP contribution in [0.2, 0.25) is 0 Å². The Balaban J connectivity index is 2.46. The Morgan fingerprint density at radius 3 is 2.58 bits per heavy atom. The third kappa shape index (κ3) is 2.09. The summed E-state index contributed by atoms with van der Waals surface area (Å²) in [6.07, 6.45) is 4.42. The van der Waals surface area contributed by atoms with Crippen LogP contribution in [-0.2, 0) is 9.59 Å². The lowest BCUT2D eigenvalue weighted by Crippen LogP contribution is -2.69. The average molecular weight is 261 g/mol. The van der Waals surface area contributed by atoms with E-state index >= 15 is 0 Å². The second-order valence-electron chi connectivity index (χ2n) is 4.84. The molecule has 1 aliphatic heterocycles. The van der Waals surface area contributed by atoms with Crippen molar-refractivity contribution in [1.29, 1.82) is 0 Å². The Hall–Kier alpha value is -1.91. The third-order valence-corrected chi connectivity index (χ3v) is 3.89. The molecule has 1 atom stereocenters. The number of nitrogens with one attached hydrogen (secondary N) is 1. The van der Waals surface area contributed by atoms with Gasteiger partial charge in [0.2, 0.25) is 5.91 Å². The van der Waals surface area contributed by atoms with Crippen molar-refractivity contribution in [2.45, 2.75) is 45.2 Å². The molecule has 1 fully saturated rings. The molecule has 1 aliphatic rings. The summed E-state index contributed by atoms with van der Waals surface area (Å²) in [6, 6.07) is 3.06. The number of piperazine rings is 1. The molecule has 1 aromatic heterocycles. The number of rotatable bonds is 3.